The normalized spacial score (nSPS) is 21.9. The van der Waals surface area contributed by atoms with Crippen molar-refractivity contribution in [1.82, 2.24) is 0 Å². The van der Waals surface area contributed by atoms with Crippen LogP contribution in [-0.4, -0.2) is 12.8 Å². The van der Waals surface area contributed by atoms with Crippen molar-refractivity contribution in [2.45, 2.75) is 32.1 Å². The second kappa shape index (κ2) is 3.89. The number of rotatable bonds is 0. The molecular formula is C15H17N. The van der Waals surface area contributed by atoms with Crippen molar-refractivity contribution >= 4 is 11.3 Å². The highest BCUT2D eigenvalue weighted by molar-refractivity contribution is 6.25. The number of hydrogen-bond acceptors (Lipinski definition) is 1. The Balaban J connectivity index is 2.20. The highest BCUT2D eigenvalue weighted by Crippen LogP contribution is 2.38. The number of hydrogen-bond donors (Lipinski definition) is 0. The quantitative estimate of drug-likeness (QED) is 0.621. The van der Waals surface area contributed by atoms with Crippen molar-refractivity contribution < 1.29 is 0 Å². The van der Waals surface area contributed by atoms with Gasteiger partial charge in [-0.15, -0.1) is 0 Å². The number of aliphatic imine (C=N–C) groups is 1. The van der Waals surface area contributed by atoms with Crippen LogP contribution in [-0.2, 0) is 6.42 Å². The van der Waals surface area contributed by atoms with Gasteiger partial charge in [0.25, 0.3) is 0 Å². The van der Waals surface area contributed by atoms with Crippen molar-refractivity contribution in [2.24, 2.45) is 4.99 Å². The van der Waals surface area contributed by atoms with Gasteiger partial charge in [-0.25, -0.2) is 0 Å². The molecular weight excluding hydrogens is 194 g/mol. The molecule has 2 aliphatic rings. The average Bonchev–Trinajstić information content (AvgIpc) is 2.37. The van der Waals surface area contributed by atoms with Crippen LogP contribution in [0.1, 0.15) is 36.8 Å². The predicted octanol–water partition coefficient (Wildman–Crippen LogP) is 3.64. The van der Waals surface area contributed by atoms with Crippen LogP contribution in [0.25, 0.3) is 5.57 Å². The van der Waals surface area contributed by atoms with Crippen LogP contribution in [0, 0.1) is 0 Å². The fourth-order valence-electron chi connectivity index (χ4n) is 3.01. The topological polar surface area (TPSA) is 12.4 Å². The SMILES string of the molecule is CN=C1CCCC2=C1c1ccccc1CC2. The van der Waals surface area contributed by atoms with Crippen LogP contribution in [0.15, 0.2) is 34.8 Å². The Kier molecular flexibility index (Phi) is 2.39. The van der Waals surface area contributed by atoms with Gasteiger partial charge in [-0.05, 0) is 43.2 Å². The van der Waals surface area contributed by atoms with Crippen LogP contribution in [0.5, 0.6) is 0 Å². The van der Waals surface area contributed by atoms with Crippen LogP contribution in [0.4, 0.5) is 0 Å². The minimum Gasteiger partial charge on any atom is -0.292 e. The number of allylic oxidation sites excluding steroid dienone is 2. The average molecular weight is 211 g/mol. The maximum atomic E-state index is 4.49. The lowest BCUT2D eigenvalue weighted by molar-refractivity contribution is 0.769. The van der Waals surface area contributed by atoms with Gasteiger partial charge in [0, 0.05) is 18.3 Å². The first-order chi connectivity index (χ1) is 7.90. The van der Waals surface area contributed by atoms with Crippen molar-refractivity contribution in [3.05, 3.63) is 41.0 Å². The van der Waals surface area contributed by atoms with Crippen LogP contribution in [0.3, 0.4) is 0 Å². The van der Waals surface area contributed by atoms with Crippen molar-refractivity contribution in [3.63, 3.8) is 0 Å². The second-order valence-electron chi connectivity index (χ2n) is 4.66. The molecule has 1 nitrogen and oxygen atoms in total. The molecule has 1 heteroatoms. The summed E-state index contributed by atoms with van der Waals surface area (Å²) in [6, 6.07) is 8.83. The van der Waals surface area contributed by atoms with Crippen molar-refractivity contribution in [3.8, 4) is 0 Å². The summed E-state index contributed by atoms with van der Waals surface area (Å²) in [5, 5.41) is 0. The molecule has 0 saturated heterocycles. The third-order valence-corrected chi connectivity index (χ3v) is 3.79. The van der Waals surface area contributed by atoms with Gasteiger partial charge in [-0.1, -0.05) is 29.8 Å². The standard InChI is InChI=1S/C15H17N/c1-16-14-8-4-6-12-10-9-11-5-2-3-7-13(11)15(12)14/h2-3,5,7H,4,6,8-10H2,1H3. The van der Waals surface area contributed by atoms with E-state index in [0.29, 0.717) is 0 Å². The first-order valence-corrected chi connectivity index (χ1v) is 6.16. The summed E-state index contributed by atoms with van der Waals surface area (Å²) in [6.45, 7) is 0. The van der Waals surface area contributed by atoms with Gasteiger partial charge in [0.2, 0.25) is 0 Å². The Hall–Kier alpha value is -1.37. The minimum absolute atomic E-state index is 1.16. The molecule has 0 atom stereocenters. The Morgan fingerprint density at radius 3 is 2.75 bits per heavy atom. The maximum Gasteiger partial charge on any atom is 0.0422 e. The van der Waals surface area contributed by atoms with Gasteiger partial charge in [0.15, 0.2) is 0 Å². The molecule has 0 saturated carbocycles. The molecule has 82 valence electrons. The zero-order chi connectivity index (χ0) is 11.0. The van der Waals surface area contributed by atoms with E-state index < -0.39 is 0 Å². The summed E-state index contributed by atoms with van der Waals surface area (Å²) in [6.07, 6.45) is 6.18. The molecule has 0 aromatic heterocycles. The second-order valence-corrected chi connectivity index (χ2v) is 4.66. The molecule has 0 bridgehead atoms. The molecule has 0 unspecified atom stereocenters. The molecule has 0 spiro atoms. The number of fused-ring (bicyclic) bond motifs is 2. The molecule has 0 N–H and O–H groups in total. The first kappa shape index (κ1) is 9.83. The Bertz CT molecular complexity index is 480. The molecule has 16 heavy (non-hydrogen) atoms. The smallest absolute Gasteiger partial charge is 0.0422 e. The van der Waals surface area contributed by atoms with Gasteiger partial charge < -0.3 is 0 Å². The zero-order valence-electron chi connectivity index (χ0n) is 9.79. The fourth-order valence-corrected chi connectivity index (χ4v) is 3.01. The highest BCUT2D eigenvalue weighted by atomic mass is 14.7. The van der Waals surface area contributed by atoms with Crippen molar-refractivity contribution in [2.75, 3.05) is 7.05 Å². The molecule has 1 aromatic carbocycles. The van der Waals surface area contributed by atoms with E-state index in [1.54, 1.807) is 5.57 Å². The summed E-state index contributed by atoms with van der Waals surface area (Å²) >= 11 is 0. The lowest BCUT2D eigenvalue weighted by Gasteiger charge is -2.28. The summed E-state index contributed by atoms with van der Waals surface area (Å²) in [5.74, 6) is 0. The van der Waals surface area contributed by atoms with Crippen LogP contribution in [0.2, 0.25) is 0 Å². The summed E-state index contributed by atoms with van der Waals surface area (Å²) in [4.78, 5) is 4.49. The first-order valence-electron chi connectivity index (χ1n) is 6.16. The van der Waals surface area contributed by atoms with Gasteiger partial charge in [-0.2, -0.15) is 0 Å². The van der Waals surface area contributed by atoms with Crippen LogP contribution < -0.4 is 0 Å². The van der Waals surface area contributed by atoms with E-state index in [1.165, 1.54) is 48.1 Å². The molecule has 2 aliphatic carbocycles. The van der Waals surface area contributed by atoms with Crippen molar-refractivity contribution in [1.29, 1.82) is 0 Å². The van der Waals surface area contributed by atoms with E-state index in [4.69, 9.17) is 0 Å². The highest BCUT2D eigenvalue weighted by Gasteiger charge is 2.24. The number of nitrogens with zero attached hydrogens (tertiary/aromatic N) is 1. The fraction of sp³-hybridized carbons (Fsp3) is 0.400. The minimum atomic E-state index is 1.16. The number of aryl methyl sites for hydroxylation is 1. The summed E-state index contributed by atoms with van der Waals surface area (Å²) < 4.78 is 0. The molecule has 0 aliphatic heterocycles. The Morgan fingerprint density at radius 1 is 1.00 bits per heavy atom. The third kappa shape index (κ3) is 1.42. The Labute approximate surface area is 96.9 Å². The molecule has 0 heterocycles. The van der Waals surface area contributed by atoms with E-state index in [2.05, 4.69) is 29.3 Å². The largest absolute Gasteiger partial charge is 0.292 e. The van der Waals surface area contributed by atoms with E-state index in [0.717, 1.165) is 6.42 Å². The lowest BCUT2D eigenvalue weighted by atomic mass is 9.77. The van der Waals surface area contributed by atoms with E-state index in [9.17, 15) is 0 Å². The summed E-state index contributed by atoms with van der Waals surface area (Å²) in [7, 11) is 1.93. The maximum absolute atomic E-state index is 4.49. The number of benzene rings is 1. The molecule has 3 rings (SSSR count). The van der Waals surface area contributed by atoms with E-state index in [1.807, 2.05) is 7.05 Å². The van der Waals surface area contributed by atoms with E-state index >= 15 is 0 Å². The molecule has 1 aromatic rings. The molecule has 0 amide bonds. The van der Waals surface area contributed by atoms with Gasteiger partial charge >= 0.3 is 0 Å². The predicted molar refractivity (Wildman–Crippen MR) is 68.9 cm³/mol. The molecule has 0 fully saturated rings. The summed E-state index contributed by atoms with van der Waals surface area (Å²) in [5.41, 5.74) is 7.41. The third-order valence-electron chi connectivity index (χ3n) is 3.79. The Morgan fingerprint density at radius 2 is 1.88 bits per heavy atom. The lowest BCUT2D eigenvalue weighted by Crippen LogP contribution is -2.16. The zero-order valence-corrected chi connectivity index (χ0v) is 9.79. The van der Waals surface area contributed by atoms with Gasteiger partial charge in [0.1, 0.15) is 0 Å². The molecule has 0 radical (unpaired) electrons. The van der Waals surface area contributed by atoms with Crippen LogP contribution >= 0.6 is 0 Å². The van der Waals surface area contributed by atoms with Gasteiger partial charge in [-0.3, -0.25) is 4.99 Å². The van der Waals surface area contributed by atoms with Gasteiger partial charge in [0.05, 0.1) is 0 Å². The monoisotopic (exact) mass is 211 g/mol. The van der Waals surface area contributed by atoms with E-state index in [-0.39, 0.29) is 0 Å².